The molecule has 1 fully saturated rings. The van der Waals surface area contributed by atoms with Gasteiger partial charge in [-0.3, -0.25) is 9.59 Å². The molecule has 1 heterocycles. The number of carbonyl (C=O) groups excluding carboxylic acids is 2. The Labute approximate surface area is 122 Å². The van der Waals surface area contributed by atoms with Crippen molar-refractivity contribution in [3.63, 3.8) is 0 Å². The van der Waals surface area contributed by atoms with Gasteiger partial charge in [-0.05, 0) is 31.0 Å². The third kappa shape index (κ3) is 3.77. The Kier molecular flexibility index (Phi) is 4.88. The molecule has 6 heteroatoms. The third-order valence-corrected chi connectivity index (χ3v) is 3.67. The summed E-state index contributed by atoms with van der Waals surface area (Å²) < 4.78 is 26.1. The molecule has 1 aromatic carbocycles. The number of halogens is 2. The Bertz CT molecular complexity index is 538. The lowest BCUT2D eigenvalue weighted by atomic mass is 9.97. The number of hydrogen-bond donors (Lipinski definition) is 1. The van der Waals surface area contributed by atoms with Gasteiger partial charge in [-0.25, -0.2) is 8.78 Å². The summed E-state index contributed by atoms with van der Waals surface area (Å²) in [5.74, 6) is -2.16. The third-order valence-electron chi connectivity index (χ3n) is 3.67. The molecule has 0 aromatic heterocycles. The topological polar surface area (TPSA) is 49.4 Å². The number of rotatable bonds is 4. The standard InChI is InChI=1S/C15H18F2N2O2/c1-2-19(9-10-3-5-12(16)13(17)7-10)15(21)11-4-6-14(20)18-8-11/h3,5,7,11H,2,4,6,8-9H2,1H3,(H,18,20). The summed E-state index contributed by atoms with van der Waals surface area (Å²) in [6.45, 7) is 2.88. The maximum atomic E-state index is 13.2. The van der Waals surface area contributed by atoms with Crippen LogP contribution in [0.5, 0.6) is 0 Å². The first-order valence-corrected chi connectivity index (χ1v) is 7.00. The van der Waals surface area contributed by atoms with E-state index in [0.29, 0.717) is 31.5 Å². The highest BCUT2D eigenvalue weighted by Crippen LogP contribution is 2.17. The van der Waals surface area contributed by atoms with Crippen molar-refractivity contribution in [2.75, 3.05) is 13.1 Å². The number of benzene rings is 1. The zero-order valence-electron chi connectivity index (χ0n) is 11.9. The average Bonchev–Trinajstić information content (AvgIpc) is 2.48. The van der Waals surface area contributed by atoms with Gasteiger partial charge >= 0.3 is 0 Å². The zero-order valence-corrected chi connectivity index (χ0v) is 11.9. The molecule has 0 radical (unpaired) electrons. The van der Waals surface area contributed by atoms with Crippen molar-refractivity contribution in [3.8, 4) is 0 Å². The van der Waals surface area contributed by atoms with Gasteiger partial charge < -0.3 is 10.2 Å². The second-order valence-electron chi connectivity index (χ2n) is 5.14. The molecule has 1 aliphatic rings. The van der Waals surface area contributed by atoms with Crippen molar-refractivity contribution in [2.24, 2.45) is 5.92 Å². The van der Waals surface area contributed by atoms with E-state index in [1.807, 2.05) is 6.92 Å². The second-order valence-corrected chi connectivity index (χ2v) is 5.14. The molecule has 0 bridgehead atoms. The molecule has 114 valence electrons. The van der Waals surface area contributed by atoms with Gasteiger partial charge in [0.2, 0.25) is 11.8 Å². The van der Waals surface area contributed by atoms with Crippen LogP contribution in [0.3, 0.4) is 0 Å². The lowest BCUT2D eigenvalue weighted by molar-refractivity contribution is -0.137. The van der Waals surface area contributed by atoms with E-state index in [-0.39, 0.29) is 24.3 Å². The van der Waals surface area contributed by atoms with Crippen molar-refractivity contribution in [1.82, 2.24) is 10.2 Å². The minimum Gasteiger partial charge on any atom is -0.355 e. The molecule has 2 amide bonds. The predicted octanol–water partition coefficient (Wildman–Crippen LogP) is 1.84. The minimum atomic E-state index is -0.916. The molecule has 1 aliphatic heterocycles. The van der Waals surface area contributed by atoms with E-state index in [1.54, 1.807) is 4.90 Å². The van der Waals surface area contributed by atoms with Crippen molar-refractivity contribution in [2.45, 2.75) is 26.3 Å². The molecule has 0 spiro atoms. The number of carbonyl (C=O) groups is 2. The molecule has 1 N–H and O–H groups in total. The molecule has 4 nitrogen and oxygen atoms in total. The molecule has 2 rings (SSSR count). The highest BCUT2D eigenvalue weighted by atomic mass is 19.2. The van der Waals surface area contributed by atoms with Crippen LogP contribution in [-0.4, -0.2) is 29.8 Å². The normalized spacial score (nSPS) is 18.2. The first-order valence-electron chi connectivity index (χ1n) is 7.00. The Morgan fingerprint density at radius 1 is 1.38 bits per heavy atom. The average molecular weight is 296 g/mol. The molecular formula is C15H18F2N2O2. The van der Waals surface area contributed by atoms with E-state index >= 15 is 0 Å². The van der Waals surface area contributed by atoms with Crippen LogP contribution in [0.15, 0.2) is 18.2 Å². The van der Waals surface area contributed by atoms with E-state index in [0.717, 1.165) is 12.1 Å². The predicted molar refractivity (Wildman–Crippen MR) is 73.2 cm³/mol. The maximum Gasteiger partial charge on any atom is 0.227 e. The maximum absolute atomic E-state index is 13.2. The lowest BCUT2D eigenvalue weighted by Crippen LogP contribution is -2.44. The zero-order chi connectivity index (χ0) is 15.4. The van der Waals surface area contributed by atoms with E-state index in [9.17, 15) is 18.4 Å². The molecule has 21 heavy (non-hydrogen) atoms. The smallest absolute Gasteiger partial charge is 0.227 e. The molecule has 1 unspecified atom stereocenters. The van der Waals surface area contributed by atoms with E-state index < -0.39 is 11.6 Å². The van der Waals surface area contributed by atoms with Crippen LogP contribution in [0.2, 0.25) is 0 Å². The Balaban J connectivity index is 2.03. The summed E-state index contributed by atoms with van der Waals surface area (Å²) in [5, 5.41) is 2.68. The van der Waals surface area contributed by atoms with Gasteiger partial charge in [-0.1, -0.05) is 6.07 Å². The fourth-order valence-corrected chi connectivity index (χ4v) is 2.41. The van der Waals surface area contributed by atoms with Gasteiger partial charge in [-0.2, -0.15) is 0 Å². The Morgan fingerprint density at radius 2 is 2.14 bits per heavy atom. The van der Waals surface area contributed by atoms with Gasteiger partial charge in [0.05, 0.1) is 5.92 Å². The van der Waals surface area contributed by atoms with Crippen LogP contribution in [0.1, 0.15) is 25.3 Å². The van der Waals surface area contributed by atoms with Crippen molar-refractivity contribution < 1.29 is 18.4 Å². The van der Waals surface area contributed by atoms with Crippen molar-refractivity contribution in [1.29, 1.82) is 0 Å². The first-order chi connectivity index (χ1) is 10.0. The molecule has 0 aliphatic carbocycles. The van der Waals surface area contributed by atoms with Gasteiger partial charge in [0.25, 0.3) is 0 Å². The monoisotopic (exact) mass is 296 g/mol. The number of hydrogen-bond acceptors (Lipinski definition) is 2. The quantitative estimate of drug-likeness (QED) is 0.921. The molecule has 1 atom stereocenters. The van der Waals surface area contributed by atoms with Crippen LogP contribution in [-0.2, 0) is 16.1 Å². The van der Waals surface area contributed by atoms with Gasteiger partial charge in [-0.15, -0.1) is 0 Å². The van der Waals surface area contributed by atoms with Gasteiger partial charge in [0, 0.05) is 26.1 Å². The SMILES string of the molecule is CCN(Cc1ccc(F)c(F)c1)C(=O)C1CCC(=O)NC1. The molecule has 0 saturated carbocycles. The molecule has 1 aromatic rings. The number of nitrogens with zero attached hydrogens (tertiary/aromatic N) is 1. The van der Waals surface area contributed by atoms with Crippen molar-refractivity contribution >= 4 is 11.8 Å². The van der Waals surface area contributed by atoms with E-state index in [1.165, 1.54) is 6.07 Å². The summed E-state index contributed by atoms with van der Waals surface area (Å²) in [4.78, 5) is 25.1. The van der Waals surface area contributed by atoms with Crippen LogP contribution in [0.4, 0.5) is 8.78 Å². The first kappa shape index (κ1) is 15.4. The van der Waals surface area contributed by atoms with Crippen molar-refractivity contribution in [3.05, 3.63) is 35.4 Å². The summed E-state index contributed by atoms with van der Waals surface area (Å²) >= 11 is 0. The van der Waals surface area contributed by atoms with Gasteiger partial charge in [0.15, 0.2) is 11.6 Å². The van der Waals surface area contributed by atoms with Crippen LogP contribution in [0, 0.1) is 17.6 Å². The second kappa shape index (κ2) is 6.65. The highest BCUT2D eigenvalue weighted by molar-refractivity contribution is 5.83. The number of amides is 2. The number of piperidine rings is 1. The minimum absolute atomic E-state index is 0.0392. The Morgan fingerprint density at radius 3 is 2.71 bits per heavy atom. The molecule has 1 saturated heterocycles. The van der Waals surface area contributed by atoms with Crippen LogP contribution < -0.4 is 5.32 Å². The lowest BCUT2D eigenvalue weighted by Gasteiger charge is -2.28. The van der Waals surface area contributed by atoms with E-state index in [2.05, 4.69) is 5.32 Å². The number of nitrogens with one attached hydrogen (secondary N) is 1. The van der Waals surface area contributed by atoms with Crippen LogP contribution >= 0.6 is 0 Å². The van der Waals surface area contributed by atoms with E-state index in [4.69, 9.17) is 0 Å². The van der Waals surface area contributed by atoms with Gasteiger partial charge in [0.1, 0.15) is 0 Å². The summed E-state index contributed by atoms with van der Waals surface area (Å²) in [6, 6.07) is 3.63. The highest BCUT2D eigenvalue weighted by Gasteiger charge is 2.27. The molecular weight excluding hydrogens is 278 g/mol. The summed E-state index contributed by atoms with van der Waals surface area (Å²) in [5.41, 5.74) is 0.545. The fraction of sp³-hybridized carbons (Fsp3) is 0.467. The fourth-order valence-electron chi connectivity index (χ4n) is 2.41. The summed E-state index contributed by atoms with van der Waals surface area (Å²) in [6.07, 6.45) is 0.873. The Hall–Kier alpha value is -1.98. The largest absolute Gasteiger partial charge is 0.355 e. The van der Waals surface area contributed by atoms with Crippen LogP contribution in [0.25, 0.3) is 0 Å². The summed E-state index contributed by atoms with van der Waals surface area (Å²) in [7, 11) is 0.